The van der Waals surface area contributed by atoms with Crippen LogP contribution in [0.3, 0.4) is 0 Å². The summed E-state index contributed by atoms with van der Waals surface area (Å²) in [7, 11) is 0. The first-order valence-corrected chi connectivity index (χ1v) is 5.89. The van der Waals surface area contributed by atoms with Gasteiger partial charge in [-0.15, -0.1) is 0 Å². The van der Waals surface area contributed by atoms with Gasteiger partial charge in [0.15, 0.2) is 0 Å². The number of alkyl halides is 2. The van der Waals surface area contributed by atoms with E-state index in [2.05, 4.69) is 5.32 Å². The van der Waals surface area contributed by atoms with Gasteiger partial charge in [-0.2, -0.15) is 0 Å². The second-order valence-electron chi connectivity index (χ2n) is 3.89. The van der Waals surface area contributed by atoms with E-state index in [0.717, 1.165) is 5.56 Å². The number of rotatable bonds is 9. The monoisotopic (exact) mass is 274 g/mol. The first-order chi connectivity index (χ1) is 9.09. The molecule has 7 heteroatoms. The fourth-order valence-electron chi connectivity index (χ4n) is 1.46. The third-order valence-electron chi connectivity index (χ3n) is 2.40. The molecule has 0 spiro atoms. The quantitative estimate of drug-likeness (QED) is 0.425. The van der Waals surface area contributed by atoms with Crippen LogP contribution < -0.4 is 5.32 Å². The van der Waals surface area contributed by atoms with E-state index in [-0.39, 0.29) is 12.3 Å². The van der Waals surface area contributed by atoms with Gasteiger partial charge in [0.1, 0.15) is 6.61 Å². The lowest BCUT2D eigenvalue weighted by Gasteiger charge is -2.06. The Morgan fingerprint density at radius 1 is 1.26 bits per heavy atom. The largest absolute Gasteiger partial charge is 0.374 e. The summed E-state index contributed by atoms with van der Waals surface area (Å²) in [6.45, 7) is 0.865. The Morgan fingerprint density at radius 2 is 1.95 bits per heavy atom. The molecule has 0 radical (unpaired) electrons. The zero-order valence-corrected chi connectivity index (χ0v) is 10.4. The average Bonchev–Trinajstić information content (AvgIpc) is 2.38. The third kappa shape index (κ3) is 6.78. The SMILES string of the molecule is O=[N+]([O-])c1ccc(CCNCCOCC(F)F)cc1. The Morgan fingerprint density at radius 3 is 2.53 bits per heavy atom. The smallest absolute Gasteiger partial charge is 0.269 e. The van der Waals surface area contributed by atoms with Crippen molar-refractivity contribution in [2.75, 3.05) is 26.3 Å². The summed E-state index contributed by atoms with van der Waals surface area (Å²) in [6.07, 6.45) is -1.72. The molecule has 0 saturated carbocycles. The number of nitrogens with one attached hydrogen (secondary N) is 1. The number of non-ortho nitro benzene ring substituents is 1. The molecule has 1 rings (SSSR count). The number of hydrogen-bond donors (Lipinski definition) is 1. The Balaban J connectivity index is 2.11. The topological polar surface area (TPSA) is 64.4 Å². The van der Waals surface area contributed by atoms with Gasteiger partial charge in [0.2, 0.25) is 0 Å². The zero-order chi connectivity index (χ0) is 14.1. The van der Waals surface area contributed by atoms with Crippen molar-refractivity contribution in [2.45, 2.75) is 12.8 Å². The van der Waals surface area contributed by atoms with Crippen LogP contribution in [0.2, 0.25) is 0 Å². The molecule has 1 N–H and O–H groups in total. The number of nitro groups is 1. The van der Waals surface area contributed by atoms with Gasteiger partial charge in [0.25, 0.3) is 12.1 Å². The van der Waals surface area contributed by atoms with Gasteiger partial charge in [-0.05, 0) is 18.5 Å². The van der Waals surface area contributed by atoms with Crippen molar-refractivity contribution >= 4 is 5.69 Å². The number of halogens is 2. The molecule has 0 aromatic heterocycles. The second-order valence-corrected chi connectivity index (χ2v) is 3.89. The van der Waals surface area contributed by atoms with Gasteiger partial charge in [-0.3, -0.25) is 10.1 Å². The highest BCUT2D eigenvalue weighted by Crippen LogP contribution is 2.11. The van der Waals surface area contributed by atoms with E-state index in [0.29, 0.717) is 19.5 Å². The van der Waals surface area contributed by atoms with Crippen molar-refractivity contribution in [3.05, 3.63) is 39.9 Å². The Bertz CT molecular complexity index is 385. The summed E-state index contributed by atoms with van der Waals surface area (Å²) >= 11 is 0. The Hall–Kier alpha value is -1.60. The maximum absolute atomic E-state index is 11.7. The summed E-state index contributed by atoms with van der Waals surface area (Å²) in [5.41, 5.74) is 1.05. The van der Waals surface area contributed by atoms with Crippen LogP contribution in [-0.4, -0.2) is 37.7 Å². The van der Waals surface area contributed by atoms with Gasteiger partial charge >= 0.3 is 0 Å². The van der Waals surface area contributed by atoms with Crippen molar-refractivity contribution in [1.82, 2.24) is 5.32 Å². The summed E-state index contributed by atoms with van der Waals surface area (Å²) in [6, 6.07) is 6.32. The second kappa shape index (κ2) is 8.49. The highest BCUT2D eigenvalue weighted by Gasteiger charge is 2.03. The van der Waals surface area contributed by atoms with Crippen LogP contribution in [0.5, 0.6) is 0 Å². The zero-order valence-electron chi connectivity index (χ0n) is 10.4. The Kier molecular flexibility index (Phi) is 6.91. The fourth-order valence-corrected chi connectivity index (χ4v) is 1.46. The molecule has 19 heavy (non-hydrogen) atoms. The lowest BCUT2D eigenvalue weighted by Crippen LogP contribution is -2.23. The van der Waals surface area contributed by atoms with Crippen LogP contribution in [-0.2, 0) is 11.2 Å². The summed E-state index contributed by atoms with van der Waals surface area (Å²) in [5, 5.41) is 13.5. The van der Waals surface area contributed by atoms with Crippen molar-refractivity contribution in [3.8, 4) is 0 Å². The molecule has 106 valence electrons. The molecule has 0 heterocycles. The first-order valence-electron chi connectivity index (χ1n) is 5.89. The van der Waals surface area contributed by atoms with Gasteiger partial charge in [0.05, 0.1) is 11.5 Å². The first kappa shape index (κ1) is 15.5. The van der Waals surface area contributed by atoms with Crippen LogP contribution in [0.15, 0.2) is 24.3 Å². The summed E-state index contributed by atoms with van der Waals surface area (Å²) in [4.78, 5) is 10.0. The van der Waals surface area contributed by atoms with E-state index < -0.39 is 18.0 Å². The van der Waals surface area contributed by atoms with E-state index in [1.165, 1.54) is 12.1 Å². The van der Waals surface area contributed by atoms with E-state index in [4.69, 9.17) is 4.74 Å². The standard InChI is InChI=1S/C12H16F2N2O3/c13-12(14)9-19-8-7-15-6-5-10-1-3-11(4-2-10)16(17)18/h1-4,12,15H,5-9H2. The van der Waals surface area contributed by atoms with E-state index in [9.17, 15) is 18.9 Å². The minimum Gasteiger partial charge on any atom is -0.374 e. The molecule has 0 atom stereocenters. The van der Waals surface area contributed by atoms with Crippen molar-refractivity contribution < 1.29 is 18.4 Å². The molecule has 0 amide bonds. The van der Waals surface area contributed by atoms with Crippen LogP contribution in [0.4, 0.5) is 14.5 Å². The van der Waals surface area contributed by atoms with Crippen molar-refractivity contribution in [3.63, 3.8) is 0 Å². The number of ether oxygens (including phenoxy) is 1. The molecule has 0 bridgehead atoms. The maximum Gasteiger partial charge on any atom is 0.269 e. The molecule has 1 aromatic rings. The Labute approximate surface area is 109 Å². The van der Waals surface area contributed by atoms with E-state index in [1.54, 1.807) is 12.1 Å². The van der Waals surface area contributed by atoms with Gasteiger partial charge < -0.3 is 10.1 Å². The molecule has 0 fully saturated rings. The molecule has 5 nitrogen and oxygen atoms in total. The predicted octanol–water partition coefficient (Wildman–Crippen LogP) is 2.01. The van der Waals surface area contributed by atoms with Gasteiger partial charge in [0, 0.05) is 18.7 Å². The molecule has 0 aliphatic heterocycles. The number of nitro benzene ring substituents is 1. The van der Waals surface area contributed by atoms with Crippen LogP contribution in [0, 0.1) is 10.1 Å². The molecular formula is C12H16F2N2O3. The molecule has 1 aromatic carbocycles. The highest BCUT2D eigenvalue weighted by atomic mass is 19.3. The van der Waals surface area contributed by atoms with Crippen molar-refractivity contribution in [1.29, 1.82) is 0 Å². The van der Waals surface area contributed by atoms with E-state index >= 15 is 0 Å². The van der Waals surface area contributed by atoms with Crippen LogP contribution in [0.25, 0.3) is 0 Å². The highest BCUT2D eigenvalue weighted by molar-refractivity contribution is 5.32. The normalized spacial score (nSPS) is 10.9. The van der Waals surface area contributed by atoms with E-state index in [1.807, 2.05) is 0 Å². The minimum absolute atomic E-state index is 0.0668. The maximum atomic E-state index is 11.7. The van der Waals surface area contributed by atoms with Crippen LogP contribution in [0.1, 0.15) is 5.56 Å². The minimum atomic E-state index is -2.43. The lowest BCUT2D eigenvalue weighted by atomic mass is 10.1. The number of hydrogen-bond acceptors (Lipinski definition) is 4. The average molecular weight is 274 g/mol. The fraction of sp³-hybridized carbons (Fsp3) is 0.500. The summed E-state index contributed by atoms with van der Waals surface area (Å²) in [5.74, 6) is 0. The predicted molar refractivity (Wildman–Crippen MR) is 66.5 cm³/mol. The molecule has 0 aliphatic rings. The van der Waals surface area contributed by atoms with Crippen molar-refractivity contribution in [2.24, 2.45) is 0 Å². The molecule has 0 unspecified atom stereocenters. The van der Waals surface area contributed by atoms with Gasteiger partial charge in [-0.25, -0.2) is 8.78 Å². The third-order valence-corrected chi connectivity index (χ3v) is 2.40. The molecular weight excluding hydrogens is 258 g/mol. The molecule has 0 aliphatic carbocycles. The van der Waals surface area contributed by atoms with Gasteiger partial charge in [-0.1, -0.05) is 12.1 Å². The molecule has 0 saturated heterocycles. The van der Waals surface area contributed by atoms with Crippen LogP contribution >= 0.6 is 0 Å². The number of benzene rings is 1. The lowest BCUT2D eigenvalue weighted by molar-refractivity contribution is -0.384. The summed E-state index contributed by atoms with van der Waals surface area (Å²) < 4.78 is 28.2. The number of nitrogens with zero attached hydrogens (tertiary/aromatic N) is 1.